The van der Waals surface area contributed by atoms with E-state index in [0.717, 1.165) is 10.2 Å². The Labute approximate surface area is 118 Å². The van der Waals surface area contributed by atoms with E-state index in [2.05, 4.69) is 25.9 Å². The second-order valence-electron chi connectivity index (χ2n) is 4.20. The zero-order chi connectivity index (χ0) is 12.5. The highest BCUT2D eigenvalue weighted by Gasteiger charge is 2.27. The molecule has 1 saturated carbocycles. The molecule has 0 N–H and O–H groups in total. The lowest BCUT2D eigenvalue weighted by molar-refractivity contribution is 0.457. The molecule has 0 radical (unpaired) electrons. The lowest BCUT2D eigenvalue weighted by Gasteiger charge is -2.07. The van der Waals surface area contributed by atoms with E-state index in [1.165, 1.54) is 12.8 Å². The Kier molecular flexibility index (Phi) is 3.22. The van der Waals surface area contributed by atoms with Crippen molar-refractivity contribution in [1.82, 2.24) is 9.97 Å². The zero-order valence-electron chi connectivity index (χ0n) is 9.44. The molecule has 5 heteroatoms. The normalized spacial score (nSPS) is 14.6. The van der Waals surface area contributed by atoms with Crippen LogP contribution in [0.25, 0.3) is 0 Å². The molecule has 1 fully saturated rings. The molecule has 3 nitrogen and oxygen atoms in total. The van der Waals surface area contributed by atoms with Crippen LogP contribution in [-0.4, -0.2) is 9.97 Å². The summed E-state index contributed by atoms with van der Waals surface area (Å²) in [5, 5.41) is 0.669. The van der Waals surface area contributed by atoms with Crippen LogP contribution in [-0.2, 0) is 0 Å². The lowest BCUT2D eigenvalue weighted by Crippen LogP contribution is -1.92. The fourth-order valence-electron chi connectivity index (χ4n) is 1.70. The number of aromatic nitrogens is 2. The van der Waals surface area contributed by atoms with Gasteiger partial charge < -0.3 is 4.74 Å². The number of nitrogens with zero attached hydrogens (tertiary/aromatic N) is 2. The highest BCUT2D eigenvalue weighted by Crippen LogP contribution is 2.43. The van der Waals surface area contributed by atoms with E-state index in [1.54, 1.807) is 18.5 Å². The van der Waals surface area contributed by atoms with Crippen molar-refractivity contribution in [2.45, 2.75) is 18.8 Å². The molecule has 0 spiro atoms. The summed E-state index contributed by atoms with van der Waals surface area (Å²) < 4.78 is 6.44. The predicted molar refractivity (Wildman–Crippen MR) is 73.2 cm³/mol. The predicted octanol–water partition coefficient (Wildman–Crippen LogP) is 4.56. The van der Waals surface area contributed by atoms with Gasteiger partial charge >= 0.3 is 0 Å². The molecular formula is C13H10BrClN2O. The molecule has 18 heavy (non-hydrogen) atoms. The molecule has 0 saturated heterocycles. The summed E-state index contributed by atoms with van der Waals surface area (Å²) in [7, 11) is 0. The van der Waals surface area contributed by atoms with Gasteiger partial charge in [-0.15, -0.1) is 0 Å². The molecule has 0 aliphatic heterocycles. The van der Waals surface area contributed by atoms with Gasteiger partial charge in [-0.05, 0) is 40.9 Å². The first-order chi connectivity index (χ1) is 8.74. The Balaban J connectivity index is 1.85. The van der Waals surface area contributed by atoms with Crippen molar-refractivity contribution in [3.63, 3.8) is 0 Å². The average molecular weight is 326 g/mol. The second kappa shape index (κ2) is 4.86. The molecule has 0 atom stereocenters. The third-order valence-electron chi connectivity index (χ3n) is 2.75. The summed E-state index contributed by atoms with van der Waals surface area (Å²) in [6, 6.07) is 5.50. The summed E-state index contributed by atoms with van der Waals surface area (Å²) in [6.07, 6.45) is 5.73. The van der Waals surface area contributed by atoms with Crippen molar-refractivity contribution in [3.05, 3.63) is 45.8 Å². The number of hydrogen-bond donors (Lipinski definition) is 0. The van der Waals surface area contributed by atoms with Crippen molar-refractivity contribution < 1.29 is 4.74 Å². The van der Waals surface area contributed by atoms with E-state index in [1.807, 2.05) is 12.1 Å². The van der Waals surface area contributed by atoms with Crippen molar-refractivity contribution in [2.75, 3.05) is 0 Å². The van der Waals surface area contributed by atoms with Gasteiger partial charge in [0.1, 0.15) is 5.75 Å². The van der Waals surface area contributed by atoms with Gasteiger partial charge in [0.25, 0.3) is 0 Å². The van der Waals surface area contributed by atoms with Gasteiger partial charge in [0.15, 0.2) is 0 Å². The van der Waals surface area contributed by atoms with E-state index in [0.29, 0.717) is 22.6 Å². The Hall–Kier alpha value is -1.13. The third kappa shape index (κ3) is 2.49. The molecule has 2 aromatic rings. The standard InChI is InChI=1S/C13H10BrClN2O/c14-10-2-1-5-16-13(10)18-9-6-11(15)12(17-7-9)8-3-4-8/h1-2,5-8H,3-4H2. The van der Waals surface area contributed by atoms with Gasteiger partial charge in [-0.3, -0.25) is 4.98 Å². The maximum Gasteiger partial charge on any atom is 0.233 e. The van der Waals surface area contributed by atoms with Gasteiger partial charge in [-0.2, -0.15) is 0 Å². The number of ether oxygens (including phenoxy) is 1. The minimum absolute atomic E-state index is 0.509. The summed E-state index contributed by atoms with van der Waals surface area (Å²) in [5.74, 6) is 1.64. The minimum atomic E-state index is 0.509. The van der Waals surface area contributed by atoms with Gasteiger partial charge in [-0.25, -0.2) is 4.98 Å². The monoisotopic (exact) mass is 324 g/mol. The van der Waals surface area contributed by atoms with Gasteiger partial charge in [0.05, 0.1) is 21.4 Å². The van der Waals surface area contributed by atoms with E-state index >= 15 is 0 Å². The van der Waals surface area contributed by atoms with Crippen LogP contribution in [0, 0.1) is 0 Å². The molecule has 0 unspecified atom stereocenters. The fourth-order valence-corrected chi connectivity index (χ4v) is 2.35. The topological polar surface area (TPSA) is 35.0 Å². The van der Waals surface area contributed by atoms with Gasteiger partial charge in [0.2, 0.25) is 5.88 Å². The van der Waals surface area contributed by atoms with E-state index in [4.69, 9.17) is 16.3 Å². The number of hydrogen-bond acceptors (Lipinski definition) is 3. The fraction of sp³-hybridized carbons (Fsp3) is 0.231. The molecule has 2 heterocycles. The van der Waals surface area contributed by atoms with E-state index in [9.17, 15) is 0 Å². The summed E-state index contributed by atoms with van der Waals surface area (Å²) in [4.78, 5) is 8.50. The summed E-state index contributed by atoms with van der Waals surface area (Å²) in [6.45, 7) is 0. The van der Waals surface area contributed by atoms with Crippen LogP contribution in [0.4, 0.5) is 0 Å². The quantitative estimate of drug-likeness (QED) is 0.829. The van der Waals surface area contributed by atoms with Crippen LogP contribution in [0.1, 0.15) is 24.5 Å². The molecule has 92 valence electrons. The Morgan fingerprint density at radius 1 is 1.33 bits per heavy atom. The van der Waals surface area contributed by atoms with Gasteiger partial charge in [-0.1, -0.05) is 11.6 Å². The molecule has 0 amide bonds. The SMILES string of the molecule is Clc1cc(Oc2ncccc2Br)cnc1C1CC1. The lowest BCUT2D eigenvalue weighted by atomic mass is 10.2. The molecule has 0 aromatic carbocycles. The first-order valence-corrected chi connectivity index (χ1v) is 6.85. The molecule has 1 aliphatic carbocycles. The van der Waals surface area contributed by atoms with Crippen LogP contribution in [0.3, 0.4) is 0 Å². The molecular weight excluding hydrogens is 316 g/mol. The van der Waals surface area contributed by atoms with Crippen LogP contribution in [0.2, 0.25) is 5.02 Å². The number of pyridine rings is 2. The minimum Gasteiger partial charge on any atom is -0.436 e. The first kappa shape index (κ1) is 11.9. The summed E-state index contributed by atoms with van der Waals surface area (Å²) >= 11 is 9.57. The average Bonchev–Trinajstić information content (AvgIpc) is 3.16. The van der Waals surface area contributed by atoms with Crippen LogP contribution >= 0.6 is 27.5 Å². The third-order valence-corrected chi connectivity index (χ3v) is 3.65. The maximum atomic E-state index is 6.20. The van der Waals surface area contributed by atoms with Crippen molar-refractivity contribution in [1.29, 1.82) is 0 Å². The Morgan fingerprint density at radius 2 is 2.17 bits per heavy atom. The maximum absolute atomic E-state index is 6.20. The highest BCUT2D eigenvalue weighted by molar-refractivity contribution is 9.10. The number of rotatable bonds is 3. The molecule has 3 rings (SSSR count). The van der Waals surface area contributed by atoms with Gasteiger partial charge in [0, 0.05) is 18.2 Å². The van der Waals surface area contributed by atoms with Crippen molar-refractivity contribution in [2.24, 2.45) is 0 Å². The zero-order valence-corrected chi connectivity index (χ0v) is 11.8. The molecule has 2 aromatic heterocycles. The number of halogens is 2. The first-order valence-electron chi connectivity index (χ1n) is 5.68. The second-order valence-corrected chi connectivity index (χ2v) is 5.47. The molecule has 1 aliphatic rings. The van der Waals surface area contributed by atoms with Crippen molar-refractivity contribution in [3.8, 4) is 11.6 Å². The molecule has 0 bridgehead atoms. The van der Waals surface area contributed by atoms with Crippen LogP contribution in [0.15, 0.2) is 35.1 Å². The smallest absolute Gasteiger partial charge is 0.233 e. The summed E-state index contributed by atoms with van der Waals surface area (Å²) in [5.41, 5.74) is 0.976. The highest BCUT2D eigenvalue weighted by atomic mass is 79.9. The van der Waals surface area contributed by atoms with E-state index < -0.39 is 0 Å². The Bertz CT molecular complexity index is 587. The van der Waals surface area contributed by atoms with E-state index in [-0.39, 0.29) is 0 Å². The Morgan fingerprint density at radius 3 is 2.83 bits per heavy atom. The van der Waals surface area contributed by atoms with Crippen molar-refractivity contribution >= 4 is 27.5 Å². The van der Waals surface area contributed by atoms with Crippen LogP contribution < -0.4 is 4.74 Å². The van der Waals surface area contributed by atoms with Crippen LogP contribution in [0.5, 0.6) is 11.6 Å². The largest absolute Gasteiger partial charge is 0.436 e.